The molecule has 2 rings (SSSR count). The van der Waals surface area contributed by atoms with Gasteiger partial charge in [0.2, 0.25) is 0 Å². The van der Waals surface area contributed by atoms with E-state index in [4.69, 9.17) is 0 Å². The minimum atomic E-state index is 0.685. The first-order valence-electron chi connectivity index (χ1n) is 7.31. The maximum absolute atomic E-state index is 4.56. The number of aryl methyl sites for hydroxylation is 3. The molecule has 0 aliphatic carbocycles. The molecule has 2 aromatic rings. The average molecular weight is 271 g/mol. The summed E-state index contributed by atoms with van der Waals surface area (Å²) >= 11 is 0. The van der Waals surface area contributed by atoms with Gasteiger partial charge in [0.1, 0.15) is 0 Å². The van der Waals surface area contributed by atoms with Gasteiger partial charge in [-0.05, 0) is 56.5 Å². The quantitative estimate of drug-likeness (QED) is 0.901. The van der Waals surface area contributed by atoms with Gasteiger partial charge in [-0.2, -0.15) is 5.10 Å². The van der Waals surface area contributed by atoms with E-state index in [0.717, 1.165) is 18.8 Å². The van der Waals surface area contributed by atoms with Crippen molar-refractivity contribution in [2.75, 3.05) is 6.54 Å². The Morgan fingerprint density at radius 2 is 1.90 bits per heavy atom. The number of aromatic nitrogens is 2. The molecule has 0 bridgehead atoms. The highest BCUT2D eigenvalue weighted by Gasteiger charge is 2.07. The first-order valence-corrected chi connectivity index (χ1v) is 7.31. The van der Waals surface area contributed by atoms with Crippen molar-refractivity contribution in [2.24, 2.45) is 5.92 Å². The smallest absolute Gasteiger partial charge is 0.0678 e. The van der Waals surface area contributed by atoms with Gasteiger partial charge >= 0.3 is 0 Å². The summed E-state index contributed by atoms with van der Waals surface area (Å²) in [6.07, 6.45) is 0. The molecule has 108 valence electrons. The second-order valence-corrected chi connectivity index (χ2v) is 5.98. The molecule has 1 N–H and O–H groups in total. The van der Waals surface area contributed by atoms with Crippen molar-refractivity contribution >= 4 is 0 Å². The monoisotopic (exact) mass is 271 g/mol. The molecule has 3 heteroatoms. The van der Waals surface area contributed by atoms with E-state index in [1.54, 1.807) is 0 Å². The van der Waals surface area contributed by atoms with Crippen LogP contribution in [-0.2, 0) is 6.54 Å². The number of nitrogens with zero attached hydrogens (tertiary/aromatic N) is 2. The fraction of sp³-hybridized carbons (Fsp3) is 0.471. The summed E-state index contributed by atoms with van der Waals surface area (Å²) in [4.78, 5) is 0. The molecule has 0 atom stereocenters. The highest BCUT2D eigenvalue weighted by Crippen LogP contribution is 2.18. The summed E-state index contributed by atoms with van der Waals surface area (Å²) in [5.74, 6) is 0.685. The van der Waals surface area contributed by atoms with Gasteiger partial charge < -0.3 is 5.32 Å². The number of hydrogen-bond donors (Lipinski definition) is 1. The molecular weight excluding hydrogens is 246 g/mol. The second-order valence-electron chi connectivity index (χ2n) is 5.98. The van der Waals surface area contributed by atoms with Gasteiger partial charge in [0.25, 0.3) is 0 Å². The summed E-state index contributed by atoms with van der Waals surface area (Å²) in [6.45, 7) is 12.7. The van der Waals surface area contributed by atoms with Crippen LogP contribution in [0.3, 0.4) is 0 Å². The second kappa shape index (κ2) is 6.23. The Labute approximate surface area is 122 Å². The van der Waals surface area contributed by atoms with Crippen molar-refractivity contribution in [2.45, 2.75) is 41.2 Å². The van der Waals surface area contributed by atoms with Gasteiger partial charge in [-0.3, -0.25) is 0 Å². The third-order valence-electron chi connectivity index (χ3n) is 3.38. The molecule has 0 aliphatic heterocycles. The van der Waals surface area contributed by atoms with E-state index in [2.05, 4.69) is 62.4 Å². The minimum absolute atomic E-state index is 0.685. The lowest BCUT2D eigenvalue weighted by Gasteiger charge is -2.12. The number of hydrogen-bond acceptors (Lipinski definition) is 2. The molecule has 0 aliphatic rings. The standard InChI is InChI=1S/C17H25N3/c1-12(2)10-18-11-16-6-7-17(13(3)8-16)20-15(5)9-14(4)19-20/h6-9,12,18H,10-11H2,1-5H3. The molecule has 0 fully saturated rings. The summed E-state index contributed by atoms with van der Waals surface area (Å²) in [6, 6.07) is 8.71. The Morgan fingerprint density at radius 3 is 2.45 bits per heavy atom. The number of benzene rings is 1. The SMILES string of the molecule is Cc1cc(C)n(-c2ccc(CNCC(C)C)cc2C)n1. The molecular formula is C17H25N3. The summed E-state index contributed by atoms with van der Waals surface area (Å²) in [7, 11) is 0. The Bertz CT molecular complexity index is 582. The van der Waals surface area contributed by atoms with Crippen LogP contribution in [0, 0.1) is 26.7 Å². The lowest BCUT2D eigenvalue weighted by atomic mass is 10.1. The fourth-order valence-electron chi connectivity index (χ4n) is 2.44. The van der Waals surface area contributed by atoms with Crippen LogP contribution in [0.15, 0.2) is 24.3 Å². The lowest BCUT2D eigenvalue weighted by molar-refractivity contribution is 0.552. The highest BCUT2D eigenvalue weighted by molar-refractivity contribution is 5.43. The zero-order chi connectivity index (χ0) is 14.7. The van der Waals surface area contributed by atoms with Gasteiger partial charge in [-0.15, -0.1) is 0 Å². The Hall–Kier alpha value is -1.61. The van der Waals surface area contributed by atoms with Gasteiger partial charge in [0.05, 0.1) is 11.4 Å². The van der Waals surface area contributed by atoms with Crippen molar-refractivity contribution < 1.29 is 0 Å². The molecule has 0 saturated carbocycles. The molecule has 1 heterocycles. The van der Waals surface area contributed by atoms with Crippen LogP contribution in [0.5, 0.6) is 0 Å². The molecule has 0 saturated heterocycles. The first kappa shape index (κ1) is 14.8. The third kappa shape index (κ3) is 3.48. The third-order valence-corrected chi connectivity index (χ3v) is 3.38. The summed E-state index contributed by atoms with van der Waals surface area (Å²) in [5.41, 5.74) is 6.00. The zero-order valence-corrected chi connectivity index (χ0v) is 13.2. The molecule has 0 unspecified atom stereocenters. The van der Waals surface area contributed by atoms with Gasteiger partial charge in [-0.25, -0.2) is 4.68 Å². The number of rotatable bonds is 5. The molecule has 20 heavy (non-hydrogen) atoms. The van der Waals surface area contributed by atoms with Crippen LogP contribution in [0.4, 0.5) is 0 Å². The van der Waals surface area contributed by atoms with Crippen LogP contribution in [0.1, 0.15) is 36.4 Å². The molecule has 0 amide bonds. The summed E-state index contributed by atoms with van der Waals surface area (Å²) < 4.78 is 2.02. The van der Waals surface area contributed by atoms with E-state index in [1.807, 2.05) is 11.6 Å². The van der Waals surface area contributed by atoms with Crippen molar-refractivity contribution in [1.29, 1.82) is 0 Å². The maximum atomic E-state index is 4.56. The van der Waals surface area contributed by atoms with E-state index in [9.17, 15) is 0 Å². The van der Waals surface area contributed by atoms with Gasteiger partial charge in [-0.1, -0.05) is 26.0 Å². The lowest BCUT2D eigenvalue weighted by Crippen LogP contribution is -2.19. The van der Waals surface area contributed by atoms with Crippen molar-refractivity contribution in [3.05, 3.63) is 46.8 Å². The average Bonchev–Trinajstić information content (AvgIpc) is 2.68. The number of nitrogens with one attached hydrogen (secondary N) is 1. The molecule has 0 spiro atoms. The largest absolute Gasteiger partial charge is 0.312 e. The van der Waals surface area contributed by atoms with Crippen molar-refractivity contribution in [3.8, 4) is 5.69 Å². The van der Waals surface area contributed by atoms with E-state index >= 15 is 0 Å². The van der Waals surface area contributed by atoms with E-state index in [1.165, 1.54) is 22.5 Å². The minimum Gasteiger partial charge on any atom is -0.312 e. The van der Waals surface area contributed by atoms with Crippen LogP contribution >= 0.6 is 0 Å². The van der Waals surface area contributed by atoms with Gasteiger partial charge in [0.15, 0.2) is 0 Å². The van der Waals surface area contributed by atoms with Crippen molar-refractivity contribution in [3.63, 3.8) is 0 Å². The maximum Gasteiger partial charge on any atom is 0.0678 e. The highest BCUT2D eigenvalue weighted by atomic mass is 15.3. The van der Waals surface area contributed by atoms with E-state index < -0.39 is 0 Å². The topological polar surface area (TPSA) is 29.9 Å². The molecule has 0 radical (unpaired) electrons. The van der Waals surface area contributed by atoms with Gasteiger partial charge in [0, 0.05) is 12.2 Å². The Balaban J connectivity index is 2.16. The predicted octanol–water partition coefficient (Wildman–Crippen LogP) is 3.54. The van der Waals surface area contributed by atoms with Crippen LogP contribution in [0.2, 0.25) is 0 Å². The van der Waals surface area contributed by atoms with Crippen LogP contribution in [0.25, 0.3) is 5.69 Å². The van der Waals surface area contributed by atoms with Crippen LogP contribution < -0.4 is 5.32 Å². The molecule has 1 aromatic carbocycles. The van der Waals surface area contributed by atoms with E-state index in [-0.39, 0.29) is 0 Å². The van der Waals surface area contributed by atoms with E-state index in [0.29, 0.717) is 5.92 Å². The Morgan fingerprint density at radius 1 is 1.15 bits per heavy atom. The zero-order valence-electron chi connectivity index (χ0n) is 13.2. The molecule has 3 nitrogen and oxygen atoms in total. The summed E-state index contributed by atoms with van der Waals surface area (Å²) in [5, 5.41) is 8.04. The predicted molar refractivity (Wildman–Crippen MR) is 84.3 cm³/mol. The van der Waals surface area contributed by atoms with Crippen LogP contribution in [-0.4, -0.2) is 16.3 Å². The normalized spacial score (nSPS) is 11.3. The van der Waals surface area contributed by atoms with Crippen molar-refractivity contribution in [1.82, 2.24) is 15.1 Å². The molecule has 1 aromatic heterocycles. The Kier molecular flexibility index (Phi) is 4.61. The first-order chi connectivity index (χ1) is 9.47. The fourth-order valence-corrected chi connectivity index (χ4v) is 2.44.